The molecule has 3 heterocycles. The summed E-state index contributed by atoms with van der Waals surface area (Å²) in [6.45, 7) is 2.47. The van der Waals surface area contributed by atoms with Crippen molar-refractivity contribution in [3.8, 4) is 11.5 Å². The number of carbonyl (C=O) groups excluding carboxylic acids is 1. The van der Waals surface area contributed by atoms with Gasteiger partial charge in [0.2, 0.25) is 10.6 Å². The molecule has 1 fully saturated rings. The van der Waals surface area contributed by atoms with Crippen LogP contribution in [0.5, 0.6) is 11.5 Å². The normalized spacial score (nSPS) is 16.4. The number of fused-ring (bicyclic) bond motifs is 2. The Morgan fingerprint density at radius 1 is 1.17 bits per heavy atom. The molecule has 0 saturated carbocycles. The Labute approximate surface area is 168 Å². The van der Waals surface area contributed by atoms with E-state index in [1.165, 1.54) is 12.1 Å². The molecule has 5 rings (SSSR count). The maximum atomic E-state index is 14.5. The van der Waals surface area contributed by atoms with Crippen LogP contribution in [0.25, 0.3) is 11.0 Å². The van der Waals surface area contributed by atoms with E-state index in [0.717, 1.165) is 25.2 Å². The highest BCUT2D eigenvalue weighted by molar-refractivity contribution is 7.90. The number of benzene rings is 2. The summed E-state index contributed by atoms with van der Waals surface area (Å²) in [5.74, 6) is -0.474. The van der Waals surface area contributed by atoms with Gasteiger partial charge >= 0.3 is 5.91 Å². The number of halogens is 1. The molecule has 0 bridgehead atoms. The minimum atomic E-state index is -1.90. The van der Waals surface area contributed by atoms with Crippen LogP contribution < -0.4 is 19.1 Å². The number of hydrogen-bond donors (Lipinski definition) is 1. The van der Waals surface area contributed by atoms with Gasteiger partial charge in [-0.1, -0.05) is 6.07 Å². The SMILES string of the molecule is O=C(N[S+]([O-])c1cccc2c1OCCO2)c1cc2c(F)cc(N3CCC3)cc2o1. The van der Waals surface area contributed by atoms with Gasteiger partial charge in [0, 0.05) is 37.0 Å². The van der Waals surface area contributed by atoms with Crippen LogP contribution in [-0.2, 0) is 11.4 Å². The molecule has 1 amide bonds. The molecule has 1 unspecified atom stereocenters. The minimum absolute atomic E-state index is 0.116. The molecule has 0 aliphatic carbocycles. The highest BCUT2D eigenvalue weighted by atomic mass is 32.2. The van der Waals surface area contributed by atoms with E-state index in [0.29, 0.717) is 24.7 Å². The minimum Gasteiger partial charge on any atom is -0.588 e. The summed E-state index contributed by atoms with van der Waals surface area (Å²) in [5.41, 5.74) is 0.996. The molecule has 9 heteroatoms. The molecule has 7 nitrogen and oxygen atoms in total. The zero-order chi connectivity index (χ0) is 20.0. The lowest BCUT2D eigenvalue weighted by atomic mass is 10.1. The maximum Gasteiger partial charge on any atom is 0.328 e. The molecule has 1 atom stereocenters. The van der Waals surface area contributed by atoms with Gasteiger partial charge in [-0.15, -0.1) is 0 Å². The Balaban J connectivity index is 1.39. The van der Waals surface area contributed by atoms with Crippen molar-refractivity contribution in [2.75, 3.05) is 31.2 Å². The molecule has 29 heavy (non-hydrogen) atoms. The highest BCUT2D eigenvalue weighted by Gasteiger charge is 2.28. The van der Waals surface area contributed by atoms with Crippen LogP contribution >= 0.6 is 0 Å². The van der Waals surface area contributed by atoms with Gasteiger partial charge in [-0.3, -0.25) is 4.79 Å². The van der Waals surface area contributed by atoms with Crippen LogP contribution in [0.15, 0.2) is 45.7 Å². The average molecular weight is 416 g/mol. The number of rotatable bonds is 4. The summed E-state index contributed by atoms with van der Waals surface area (Å²) < 4.78 is 46.1. The largest absolute Gasteiger partial charge is 0.588 e. The third kappa shape index (κ3) is 3.26. The maximum absolute atomic E-state index is 14.5. The molecule has 2 aliphatic heterocycles. The molecule has 0 radical (unpaired) electrons. The molecule has 0 spiro atoms. The van der Waals surface area contributed by atoms with E-state index >= 15 is 0 Å². The van der Waals surface area contributed by atoms with Crippen molar-refractivity contribution in [2.45, 2.75) is 11.3 Å². The standard InChI is InChI=1S/C20H17FN2O5S/c21-14-9-12(23-5-2-6-23)10-16-13(14)11-17(28-16)20(24)22-29(25)18-4-1-3-15-19(18)27-8-7-26-15/h1,3-4,9-11H,2,5-8H2,(H,22,24). The average Bonchev–Trinajstić information content (AvgIpc) is 3.11. The second-order valence-electron chi connectivity index (χ2n) is 6.77. The van der Waals surface area contributed by atoms with Gasteiger partial charge in [0.15, 0.2) is 11.5 Å². The van der Waals surface area contributed by atoms with Gasteiger partial charge in [-0.2, -0.15) is 4.72 Å². The summed E-state index contributed by atoms with van der Waals surface area (Å²) in [4.78, 5) is 14.9. The van der Waals surface area contributed by atoms with Gasteiger partial charge < -0.3 is 23.3 Å². The number of amides is 1. The fraction of sp³-hybridized carbons (Fsp3) is 0.250. The predicted octanol–water partition coefficient (Wildman–Crippen LogP) is 3.01. The third-order valence-electron chi connectivity index (χ3n) is 4.93. The van der Waals surface area contributed by atoms with E-state index in [-0.39, 0.29) is 21.6 Å². The topological polar surface area (TPSA) is 87.0 Å². The van der Waals surface area contributed by atoms with E-state index in [4.69, 9.17) is 13.9 Å². The molecule has 150 valence electrons. The van der Waals surface area contributed by atoms with Crippen molar-refractivity contribution in [2.24, 2.45) is 0 Å². The lowest BCUT2D eigenvalue weighted by Crippen LogP contribution is -2.36. The van der Waals surface area contributed by atoms with Crippen molar-refractivity contribution < 1.29 is 27.6 Å². The predicted molar refractivity (Wildman–Crippen MR) is 104 cm³/mol. The number of nitrogens with zero attached hydrogens (tertiary/aromatic N) is 1. The van der Waals surface area contributed by atoms with E-state index in [2.05, 4.69) is 4.72 Å². The van der Waals surface area contributed by atoms with Gasteiger partial charge in [-0.05, 0) is 18.6 Å². The fourth-order valence-corrected chi connectivity index (χ4v) is 4.24. The highest BCUT2D eigenvalue weighted by Crippen LogP contribution is 2.36. The number of anilines is 1. The first-order valence-electron chi connectivity index (χ1n) is 9.19. The second kappa shape index (κ2) is 7.16. The number of nitrogens with one attached hydrogen (secondary N) is 1. The molecule has 3 aromatic rings. The fourth-order valence-electron chi connectivity index (χ4n) is 3.33. The number of para-hydroxylation sites is 1. The van der Waals surface area contributed by atoms with E-state index in [1.807, 2.05) is 4.90 Å². The molecule has 1 saturated heterocycles. The number of ether oxygens (including phenoxy) is 2. The Hall–Kier alpha value is -2.91. The summed E-state index contributed by atoms with van der Waals surface area (Å²) in [6.07, 6.45) is 1.06. The van der Waals surface area contributed by atoms with Gasteiger partial charge in [0.05, 0.1) is 5.39 Å². The summed E-state index contributed by atoms with van der Waals surface area (Å²) >= 11 is -1.90. The second-order valence-corrected chi connectivity index (χ2v) is 7.95. The Kier molecular flexibility index (Phi) is 4.48. The number of furan rings is 1. The number of hydrogen-bond acceptors (Lipinski definition) is 6. The van der Waals surface area contributed by atoms with Crippen molar-refractivity contribution in [1.29, 1.82) is 0 Å². The summed E-state index contributed by atoms with van der Waals surface area (Å²) in [7, 11) is 0. The van der Waals surface area contributed by atoms with Gasteiger partial charge in [0.1, 0.15) is 36.0 Å². The number of carbonyl (C=O) groups is 1. The van der Waals surface area contributed by atoms with Crippen LogP contribution in [0.2, 0.25) is 0 Å². The zero-order valence-corrected chi connectivity index (χ0v) is 16.1. The van der Waals surface area contributed by atoms with Crippen molar-refractivity contribution in [3.05, 3.63) is 48.0 Å². The van der Waals surface area contributed by atoms with Gasteiger partial charge in [-0.25, -0.2) is 4.39 Å². The first kappa shape index (κ1) is 18.1. The first-order chi connectivity index (χ1) is 14.1. The Morgan fingerprint density at radius 3 is 2.79 bits per heavy atom. The van der Waals surface area contributed by atoms with Crippen LogP contribution in [0.3, 0.4) is 0 Å². The lowest BCUT2D eigenvalue weighted by molar-refractivity contribution is 0.0956. The van der Waals surface area contributed by atoms with Crippen LogP contribution in [0.4, 0.5) is 10.1 Å². The van der Waals surface area contributed by atoms with Crippen molar-refractivity contribution in [1.82, 2.24) is 4.72 Å². The smallest absolute Gasteiger partial charge is 0.328 e. The molecular weight excluding hydrogens is 399 g/mol. The monoisotopic (exact) mass is 416 g/mol. The molecular formula is C20H17FN2O5S. The van der Waals surface area contributed by atoms with Crippen LogP contribution in [-0.4, -0.2) is 36.8 Å². The molecule has 1 N–H and O–H groups in total. The first-order valence-corrected chi connectivity index (χ1v) is 10.3. The van der Waals surface area contributed by atoms with Crippen molar-refractivity contribution >= 4 is 33.9 Å². The van der Waals surface area contributed by atoms with E-state index in [1.54, 1.807) is 24.3 Å². The molecule has 2 aliphatic rings. The Bertz CT molecular complexity index is 1100. The Morgan fingerprint density at radius 2 is 2.00 bits per heavy atom. The third-order valence-corrected chi connectivity index (χ3v) is 6.02. The van der Waals surface area contributed by atoms with Crippen molar-refractivity contribution in [3.63, 3.8) is 0 Å². The van der Waals surface area contributed by atoms with Gasteiger partial charge in [0.25, 0.3) is 0 Å². The van der Waals surface area contributed by atoms with E-state index < -0.39 is 23.1 Å². The van der Waals surface area contributed by atoms with E-state index in [9.17, 15) is 13.7 Å². The molecule has 2 aromatic carbocycles. The molecule has 1 aromatic heterocycles. The lowest BCUT2D eigenvalue weighted by Gasteiger charge is -2.33. The van der Waals surface area contributed by atoms with Crippen LogP contribution in [0, 0.1) is 5.82 Å². The quantitative estimate of drug-likeness (QED) is 0.658. The zero-order valence-electron chi connectivity index (χ0n) is 15.3. The van der Waals surface area contributed by atoms with Crippen LogP contribution in [0.1, 0.15) is 17.0 Å². The summed E-state index contributed by atoms with van der Waals surface area (Å²) in [5, 5.41) is 0.207. The summed E-state index contributed by atoms with van der Waals surface area (Å²) in [6, 6.07) is 9.42.